The van der Waals surface area contributed by atoms with Crippen molar-refractivity contribution in [2.45, 2.75) is 6.10 Å². The zero-order valence-corrected chi connectivity index (χ0v) is 7.93. The van der Waals surface area contributed by atoms with E-state index in [9.17, 15) is 0 Å². The Bertz CT molecular complexity index is 390. The monoisotopic (exact) mass is 210 g/mol. The summed E-state index contributed by atoms with van der Waals surface area (Å²) in [5.41, 5.74) is 0. The fourth-order valence-electron chi connectivity index (χ4n) is 1.63. The molecule has 2 heterocycles. The highest BCUT2D eigenvalue weighted by Crippen LogP contribution is 2.48. The third-order valence-corrected chi connectivity index (χ3v) is 2.37. The standard InChI is InChI=1S/C10H10O5/c11-3-6-4-12-8-2-1-7-9(10(8)15-6)14-5-13-7/h1-2,6,11H,3-5H2/t6-/m0/s1. The van der Waals surface area contributed by atoms with Gasteiger partial charge in [-0.15, -0.1) is 0 Å². The minimum Gasteiger partial charge on any atom is -0.486 e. The van der Waals surface area contributed by atoms with E-state index < -0.39 is 0 Å². The molecule has 0 amide bonds. The van der Waals surface area contributed by atoms with Crippen LogP contribution in [0.5, 0.6) is 23.0 Å². The lowest BCUT2D eigenvalue weighted by atomic mass is 10.2. The molecule has 1 N–H and O–H groups in total. The lowest BCUT2D eigenvalue weighted by molar-refractivity contribution is 0.0425. The molecule has 15 heavy (non-hydrogen) atoms. The van der Waals surface area contributed by atoms with Crippen molar-refractivity contribution in [1.82, 2.24) is 0 Å². The molecule has 3 rings (SSSR count). The Labute approximate surface area is 86.1 Å². The lowest BCUT2D eigenvalue weighted by Gasteiger charge is -2.25. The minimum atomic E-state index is -0.340. The van der Waals surface area contributed by atoms with Crippen LogP contribution in [-0.2, 0) is 0 Å². The summed E-state index contributed by atoms with van der Waals surface area (Å²) >= 11 is 0. The van der Waals surface area contributed by atoms with Crippen LogP contribution in [0, 0.1) is 0 Å². The summed E-state index contributed by atoms with van der Waals surface area (Å²) in [5, 5.41) is 8.99. The first-order valence-corrected chi connectivity index (χ1v) is 4.71. The van der Waals surface area contributed by atoms with E-state index in [0.29, 0.717) is 29.6 Å². The number of benzene rings is 1. The van der Waals surface area contributed by atoms with Crippen LogP contribution in [0.25, 0.3) is 0 Å². The Morgan fingerprint density at radius 3 is 2.73 bits per heavy atom. The topological polar surface area (TPSA) is 57.2 Å². The number of hydrogen-bond acceptors (Lipinski definition) is 5. The van der Waals surface area contributed by atoms with E-state index in [1.165, 1.54) is 0 Å². The number of rotatable bonds is 1. The molecule has 0 bridgehead atoms. The Hall–Kier alpha value is -1.62. The largest absolute Gasteiger partial charge is 0.486 e. The average Bonchev–Trinajstić information content (AvgIpc) is 2.76. The lowest BCUT2D eigenvalue weighted by Crippen LogP contribution is -2.32. The third kappa shape index (κ3) is 1.27. The van der Waals surface area contributed by atoms with Gasteiger partial charge in [0.25, 0.3) is 0 Å². The second-order valence-corrected chi connectivity index (χ2v) is 3.36. The summed E-state index contributed by atoms with van der Waals surface area (Å²) in [4.78, 5) is 0. The second-order valence-electron chi connectivity index (χ2n) is 3.36. The summed E-state index contributed by atoms with van der Waals surface area (Å²) in [6, 6.07) is 3.56. The van der Waals surface area contributed by atoms with E-state index >= 15 is 0 Å². The molecule has 5 heteroatoms. The Kier molecular flexibility index (Phi) is 1.85. The summed E-state index contributed by atoms with van der Waals surface area (Å²) in [6.07, 6.45) is -0.340. The highest BCUT2D eigenvalue weighted by Gasteiger charge is 2.29. The predicted octanol–water partition coefficient (Wildman–Crippen LogP) is 0.547. The van der Waals surface area contributed by atoms with E-state index in [2.05, 4.69) is 0 Å². The molecule has 0 fully saturated rings. The van der Waals surface area contributed by atoms with Gasteiger partial charge in [0.2, 0.25) is 18.3 Å². The quantitative estimate of drug-likeness (QED) is 0.733. The highest BCUT2D eigenvalue weighted by atomic mass is 16.7. The fourth-order valence-corrected chi connectivity index (χ4v) is 1.63. The molecule has 0 spiro atoms. The molecule has 5 nitrogen and oxygen atoms in total. The molecule has 0 aliphatic carbocycles. The first-order valence-electron chi connectivity index (χ1n) is 4.71. The molecule has 2 aliphatic heterocycles. The highest BCUT2D eigenvalue weighted by molar-refractivity contribution is 5.60. The summed E-state index contributed by atoms with van der Waals surface area (Å²) in [7, 11) is 0. The van der Waals surface area contributed by atoms with E-state index in [4.69, 9.17) is 24.1 Å². The number of aliphatic hydroxyl groups is 1. The van der Waals surface area contributed by atoms with Crippen LogP contribution in [0.1, 0.15) is 0 Å². The smallest absolute Gasteiger partial charge is 0.231 e. The minimum absolute atomic E-state index is 0.0794. The van der Waals surface area contributed by atoms with Crippen LogP contribution in [0.4, 0.5) is 0 Å². The molecule has 0 aromatic heterocycles. The molecule has 1 aromatic rings. The molecule has 0 radical (unpaired) electrons. The van der Waals surface area contributed by atoms with Gasteiger partial charge in [-0.25, -0.2) is 0 Å². The van der Waals surface area contributed by atoms with Crippen LogP contribution < -0.4 is 18.9 Å². The van der Waals surface area contributed by atoms with Crippen LogP contribution in [-0.4, -0.2) is 31.2 Å². The average molecular weight is 210 g/mol. The van der Waals surface area contributed by atoms with Gasteiger partial charge < -0.3 is 24.1 Å². The first-order chi connectivity index (χ1) is 7.38. The number of hydrogen-bond donors (Lipinski definition) is 1. The Morgan fingerprint density at radius 1 is 1.13 bits per heavy atom. The van der Waals surface area contributed by atoms with Gasteiger partial charge in [0.1, 0.15) is 6.61 Å². The van der Waals surface area contributed by atoms with Crippen molar-refractivity contribution >= 4 is 0 Å². The SMILES string of the molecule is OC[C@H]1COc2ccc3c(c2O1)OCO3. The van der Waals surface area contributed by atoms with Gasteiger partial charge in [-0.3, -0.25) is 0 Å². The number of aliphatic hydroxyl groups excluding tert-OH is 1. The normalized spacial score (nSPS) is 21.5. The predicted molar refractivity (Wildman–Crippen MR) is 49.6 cm³/mol. The Balaban J connectivity index is 2.03. The zero-order chi connectivity index (χ0) is 10.3. The maximum atomic E-state index is 8.99. The van der Waals surface area contributed by atoms with E-state index in [1.54, 1.807) is 12.1 Å². The molecule has 2 aliphatic rings. The van der Waals surface area contributed by atoms with Gasteiger partial charge in [-0.2, -0.15) is 0 Å². The van der Waals surface area contributed by atoms with Crippen molar-refractivity contribution in [3.8, 4) is 23.0 Å². The van der Waals surface area contributed by atoms with Crippen molar-refractivity contribution in [3.63, 3.8) is 0 Å². The summed E-state index contributed by atoms with van der Waals surface area (Å²) in [6.45, 7) is 0.464. The van der Waals surface area contributed by atoms with Gasteiger partial charge in [0.05, 0.1) is 6.61 Å². The Morgan fingerprint density at radius 2 is 1.93 bits per heavy atom. The molecule has 0 saturated carbocycles. The van der Waals surface area contributed by atoms with Gasteiger partial charge in [-0.05, 0) is 12.1 Å². The van der Waals surface area contributed by atoms with Gasteiger partial charge in [0.15, 0.2) is 17.6 Å². The van der Waals surface area contributed by atoms with E-state index in [0.717, 1.165) is 0 Å². The van der Waals surface area contributed by atoms with Crippen LogP contribution in [0.15, 0.2) is 12.1 Å². The van der Waals surface area contributed by atoms with Crippen molar-refractivity contribution < 1.29 is 24.1 Å². The first kappa shape index (κ1) is 8.67. The second kappa shape index (κ2) is 3.20. The zero-order valence-electron chi connectivity index (χ0n) is 7.93. The molecular formula is C10H10O5. The van der Waals surface area contributed by atoms with Gasteiger partial charge in [0, 0.05) is 0 Å². The van der Waals surface area contributed by atoms with Crippen LogP contribution in [0.3, 0.4) is 0 Å². The molecular weight excluding hydrogens is 200 g/mol. The van der Waals surface area contributed by atoms with Gasteiger partial charge in [-0.1, -0.05) is 0 Å². The third-order valence-electron chi connectivity index (χ3n) is 2.37. The molecule has 0 saturated heterocycles. The van der Waals surface area contributed by atoms with Crippen molar-refractivity contribution in [2.24, 2.45) is 0 Å². The number of fused-ring (bicyclic) bond motifs is 3. The van der Waals surface area contributed by atoms with Gasteiger partial charge >= 0.3 is 0 Å². The molecule has 0 unspecified atom stereocenters. The maximum Gasteiger partial charge on any atom is 0.231 e. The maximum absolute atomic E-state index is 8.99. The number of ether oxygens (including phenoxy) is 4. The van der Waals surface area contributed by atoms with Crippen molar-refractivity contribution in [3.05, 3.63) is 12.1 Å². The van der Waals surface area contributed by atoms with Crippen molar-refractivity contribution in [2.75, 3.05) is 20.0 Å². The molecule has 1 atom stereocenters. The van der Waals surface area contributed by atoms with Crippen molar-refractivity contribution in [1.29, 1.82) is 0 Å². The van der Waals surface area contributed by atoms with E-state index in [-0.39, 0.29) is 19.5 Å². The fraction of sp³-hybridized carbons (Fsp3) is 0.400. The summed E-state index contributed by atoms with van der Waals surface area (Å²) in [5.74, 6) is 2.36. The molecule has 80 valence electrons. The summed E-state index contributed by atoms with van der Waals surface area (Å²) < 4.78 is 21.5. The van der Waals surface area contributed by atoms with Crippen LogP contribution in [0.2, 0.25) is 0 Å². The van der Waals surface area contributed by atoms with Crippen LogP contribution >= 0.6 is 0 Å². The molecule has 1 aromatic carbocycles. The van der Waals surface area contributed by atoms with E-state index in [1.807, 2.05) is 0 Å².